The largest absolute Gasteiger partial charge is 0.444 e. The van der Waals surface area contributed by atoms with Crippen molar-refractivity contribution in [2.24, 2.45) is 17.6 Å². The molecule has 4 aliphatic carbocycles. The molecule has 4 fully saturated rings. The van der Waals surface area contributed by atoms with E-state index in [1.807, 2.05) is 20.8 Å². The minimum absolute atomic E-state index is 0.129. The molecule has 0 unspecified atom stereocenters. The first-order valence-corrected chi connectivity index (χ1v) is 10.9. The van der Waals surface area contributed by atoms with E-state index in [2.05, 4.69) is 16.0 Å². The summed E-state index contributed by atoms with van der Waals surface area (Å²) in [4.78, 5) is 34.2. The quantitative estimate of drug-likeness (QED) is 0.550. The first-order chi connectivity index (χ1) is 13.6. The summed E-state index contributed by atoms with van der Waals surface area (Å²) in [6, 6.07) is 1.07. The van der Waals surface area contributed by atoms with Gasteiger partial charge in [0.1, 0.15) is 5.60 Å². The Bertz CT molecular complexity index is 613. The number of amides is 3. The molecule has 0 aromatic carbocycles. The third kappa shape index (κ3) is 7.49. The summed E-state index contributed by atoms with van der Waals surface area (Å²) in [6.45, 7) is 5.52. The lowest BCUT2D eigenvalue weighted by Crippen LogP contribution is -2.54. The van der Waals surface area contributed by atoms with E-state index in [0.717, 1.165) is 51.4 Å². The van der Waals surface area contributed by atoms with Gasteiger partial charge in [-0.15, -0.1) is 0 Å². The second-order valence-electron chi connectivity index (χ2n) is 10.0. The molecule has 29 heavy (non-hydrogen) atoms. The predicted octanol–water partition coefficient (Wildman–Crippen LogP) is 1.57. The smallest absolute Gasteiger partial charge is 0.407 e. The Morgan fingerprint density at radius 2 is 1.17 bits per heavy atom. The van der Waals surface area contributed by atoms with Gasteiger partial charge in [-0.05, 0) is 72.1 Å². The molecule has 5 N–H and O–H groups in total. The van der Waals surface area contributed by atoms with Crippen LogP contribution in [-0.2, 0) is 14.3 Å². The summed E-state index contributed by atoms with van der Waals surface area (Å²) in [5.41, 5.74) is 5.12. The van der Waals surface area contributed by atoms with Crippen LogP contribution in [0.1, 0.15) is 72.1 Å². The van der Waals surface area contributed by atoms with Gasteiger partial charge in [0, 0.05) is 36.0 Å². The zero-order valence-electron chi connectivity index (χ0n) is 17.8. The maximum atomic E-state index is 11.5. The van der Waals surface area contributed by atoms with E-state index in [1.165, 1.54) is 0 Å². The molecule has 0 radical (unpaired) electrons. The molecule has 4 saturated carbocycles. The van der Waals surface area contributed by atoms with Crippen molar-refractivity contribution in [1.82, 2.24) is 16.0 Å². The normalized spacial score (nSPS) is 30.5. The summed E-state index contributed by atoms with van der Waals surface area (Å²) in [5, 5.41) is 8.80. The van der Waals surface area contributed by atoms with Gasteiger partial charge < -0.3 is 26.4 Å². The third-order valence-electron chi connectivity index (χ3n) is 5.62. The highest BCUT2D eigenvalue weighted by Crippen LogP contribution is 2.31. The number of alkyl carbamates (subject to hydrolysis) is 1. The van der Waals surface area contributed by atoms with E-state index >= 15 is 0 Å². The fourth-order valence-electron chi connectivity index (χ4n) is 3.44. The Morgan fingerprint density at radius 1 is 0.759 bits per heavy atom. The van der Waals surface area contributed by atoms with Crippen molar-refractivity contribution in [2.75, 3.05) is 0 Å². The number of rotatable bonds is 5. The van der Waals surface area contributed by atoms with Crippen molar-refractivity contribution in [3.05, 3.63) is 0 Å². The van der Waals surface area contributed by atoms with Crippen LogP contribution in [0.25, 0.3) is 0 Å². The Labute approximate surface area is 173 Å². The second-order valence-corrected chi connectivity index (χ2v) is 10.0. The van der Waals surface area contributed by atoms with Gasteiger partial charge >= 0.3 is 6.09 Å². The summed E-state index contributed by atoms with van der Waals surface area (Å²) in [7, 11) is 0. The Hall–Kier alpha value is -1.83. The molecule has 4 aliphatic rings. The van der Waals surface area contributed by atoms with Gasteiger partial charge in [0.2, 0.25) is 11.8 Å². The molecule has 8 nitrogen and oxygen atoms in total. The lowest BCUT2D eigenvalue weighted by atomic mass is 9.86. The molecular weight excluding hydrogens is 372 g/mol. The molecule has 4 rings (SSSR count). The number of ether oxygens (including phenoxy) is 1. The van der Waals surface area contributed by atoms with Gasteiger partial charge in [0.15, 0.2) is 0 Å². The van der Waals surface area contributed by atoms with Gasteiger partial charge in [-0.2, -0.15) is 0 Å². The van der Waals surface area contributed by atoms with E-state index in [4.69, 9.17) is 10.5 Å². The molecule has 0 spiro atoms. The highest BCUT2D eigenvalue weighted by molar-refractivity contribution is 5.81. The van der Waals surface area contributed by atoms with Gasteiger partial charge in [-0.3, -0.25) is 9.59 Å². The van der Waals surface area contributed by atoms with E-state index in [9.17, 15) is 14.4 Å². The summed E-state index contributed by atoms with van der Waals surface area (Å²) in [5.74, 6) is 1.02. The molecule has 0 heterocycles. The number of carbonyl (C=O) groups excluding carboxylic acids is 3. The van der Waals surface area contributed by atoms with Crippen LogP contribution in [-0.4, -0.2) is 47.7 Å². The average molecular weight is 409 g/mol. The average Bonchev–Trinajstić information content (AvgIpc) is 3.43. The molecule has 3 amide bonds. The van der Waals surface area contributed by atoms with Gasteiger partial charge in [-0.1, -0.05) is 0 Å². The number of nitrogens with two attached hydrogens (primary N) is 1. The monoisotopic (exact) mass is 408 g/mol. The van der Waals surface area contributed by atoms with Crippen LogP contribution >= 0.6 is 0 Å². The number of hydrogen-bond acceptors (Lipinski definition) is 5. The maximum absolute atomic E-state index is 11.5. The number of nitrogens with one attached hydrogen (secondary N) is 3. The highest BCUT2D eigenvalue weighted by atomic mass is 16.6. The van der Waals surface area contributed by atoms with Crippen LogP contribution in [0.15, 0.2) is 0 Å². The minimum atomic E-state index is -0.465. The van der Waals surface area contributed by atoms with Crippen molar-refractivity contribution < 1.29 is 19.1 Å². The number of carbonyl (C=O) groups is 3. The molecule has 0 bridgehead atoms. The van der Waals surface area contributed by atoms with E-state index in [0.29, 0.717) is 18.0 Å². The fourth-order valence-corrected chi connectivity index (χ4v) is 3.44. The lowest BCUT2D eigenvalue weighted by Gasteiger charge is -2.36. The molecule has 0 aromatic heterocycles. The summed E-state index contributed by atoms with van der Waals surface area (Å²) in [6.07, 6.45) is 7.40. The molecule has 0 atom stereocenters. The van der Waals surface area contributed by atoms with Crippen molar-refractivity contribution in [3.8, 4) is 0 Å². The van der Waals surface area contributed by atoms with Crippen molar-refractivity contribution in [3.63, 3.8) is 0 Å². The zero-order valence-corrected chi connectivity index (χ0v) is 17.8. The molecular formula is C21H36N4O4. The van der Waals surface area contributed by atoms with Gasteiger partial charge in [-0.25, -0.2) is 4.79 Å². The Morgan fingerprint density at radius 3 is 1.55 bits per heavy atom. The zero-order chi connectivity index (χ0) is 21.2. The SMILES string of the molecule is CC(C)(C)OC(=O)NC1CC(NC(=O)C2CC2)C1.NC1CC(NC(=O)C2CC2)C1. The van der Waals surface area contributed by atoms with Gasteiger partial charge in [0.25, 0.3) is 0 Å². The Kier molecular flexibility index (Phi) is 6.71. The van der Waals surface area contributed by atoms with Gasteiger partial charge in [0.05, 0.1) is 0 Å². The maximum Gasteiger partial charge on any atom is 0.407 e. The predicted molar refractivity (Wildman–Crippen MR) is 109 cm³/mol. The van der Waals surface area contributed by atoms with Crippen LogP contribution in [0, 0.1) is 11.8 Å². The van der Waals surface area contributed by atoms with Crippen LogP contribution in [0.4, 0.5) is 4.79 Å². The first kappa shape index (κ1) is 21.9. The van der Waals surface area contributed by atoms with Crippen LogP contribution in [0.2, 0.25) is 0 Å². The lowest BCUT2D eigenvalue weighted by molar-refractivity contribution is -0.124. The fraction of sp³-hybridized carbons (Fsp3) is 0.857. The van der Waals surface area contributed by atoms with Crippen LogP contribution in [0.3, 0.4) is 0 Å². The summed E-state index contributed by atoms with van der Waals surface area (Å²) >= 11 is 0. The first-order valence-electron chi connectivity index (χ1n) is 10.9. The van der Waals surface area contributed by atoms with E-state index in [1.54, 1.807) is 0 Å². The summed E-state index contributed by atoms with van der Waals surface area (Å²) < 4.78 is 5.17. The van der Waals surface area contributed by atoms with Crippen LogP contribution in [0.5, 0.6) is 0 Å². The highest BCUT2D eigenvalue weighted by Gasteiger charge is 2.36. The van der Waals surface area contributed by atoms with Crippen molar-refractivity contribution >= 4 is 17.9 Å². The van der Waals surface area contributed by atoms with Crippen LogP contribution < -0.4 is 21.7 Å². The second kappa shape index (κ2) is 8.90. The van der Waals surface area contributed by atoms with Crippen molar-refractivity contribution in [1.29, 1.82) is 0 Å². The standard InChI is InChI=1S/C13H22N2O3.C8H14N2O/c1-13(2,3)18-12(17)15-10-6-9(7-10)14-11(16)8-4-5-8;9-6-3-7(4-6)10-8(11)5-1-2-5/h8-10H,4-7H2,1-3H3,(H,14,16)(H,15,17);5-7H,1-4,9H2,(H,10,11). The van der Waals surface area contributed by atoms with E-state index in [-0.39, 0.29) is 35.9 Å². The molecule has 164 valence electrons. The minimum Gasteiger partial charge on any atom is -0.444 e. The third-order valence-corrected chi connectivity index (χ3v) is 5.62. The molecule has 0 aromatic rings. The number of hydrogen-bond donors (Lipinski definition) is 4. The molecule has 0 aliphatic heterocycles. The van der Waals surface area contributed by atoms with E-state index < -0.39 is 5.60 Å². The Balaban J connectivity index is 0.000000186. The molecule has 8 heteroatoms. The molecule has 0 saturated heterocycles. The topological polar surface area (TPSA) is 123 Å². The van der Waals surface area contributed by atoms with Crippen molar-refractivity contribution in [2.45, 2.75) is 102 Å².